The van der Waals surface area contributed by atoms with Gasteiger partial charge in [0.25, 0.3) is 5.69 Å². The molecule has 0 bridgehead atoms. The van der Waals surface area contributed by atoms with Crippen LogP contribution >= 0.6 is 0 Å². The quantitative estimate of drug-likeness (QED) is 0.205. The first-order chi connectivity index (χ1) is 18.8. The lowest BCUT2D eigenvalue weighted by Crippen LogP contribution is -2.44. The van der Waals surface area contributed by atoms with Crippen molar-refractivity contribution in [1.29, 1.82) is 0 Å². The second kappa shape index (κ2) is 9.09. The average molecular weight is 526 g/mol. The number of methoxy groups -OCH3 is 2. The van der Waals surface area contributed by atoms with Crippen molar-refractivity contribution in [1.82, 2.24) is 4.90 Å². The SMILES string of the molecule is COc1ccc(C(=O)C2C3C(=O)N(c4cc([N+](=O)[O-])ccc4OC)C(=O)C3C3c4ccccc4C=CN23)cc1. The van der Waals surface area contributed by atoms with Gasteiger partial charge in [0.1, 0.15) is 23.2 Å². The van der Waals surface area contributed by atoms with Crippen molar-refractivity contribution in [2.45, 2.75) is 12.1 Å². The number of benzene rings is 3. The standard InChI is InChI=1S/C29H23N3O7/c1-38-19-10-7-17(8-11-19)27(33)26-24-23(25-20-6-4-3-5-16(20)13-14-30(25)26)28(34)31(29(24)35)21-15-18(32(36)37)9-12-22(21)39-2/h3-15,23-26H,1-2H3. The monoisotopic (exact) mass is 525 g/mol. The van der Waals surface area contributed by atoms with Gasteiger partial charge in [-0.1, -0.05) is 24.3 Å². The molecule has 3 heterocycles. The smallest absolute Gasteiger partial charge is 0.271 e. The van der Waals surface area contributed by atoms with E-state index in [9.17, 15) is 24.5 Å². The van der Waals surface area contributed by atoms with Crippen molar-refractivity contribution in [2.75, 3.05) is 19.1 Å². The van der Waals surface area contributed by atoms with Crippen LogP contribution in [0.15, 0.2) is 72.9 Å². The second-order valence-electron chi connectivity index (χ2n) is 9.55. The summed E-state index contributed by atoms with van der Waals surface area (Å²) >= 11 is 0. The summed E-state index contributed by atoms with van der Waals surface area (Å²) < 4.78 is 10.6. The zero-order valence-corrected chi connectivity index (χ0v) is 21.0. The summed E-state index contributed by atoms with van der Waals surface area (Å²) in [5.41, 5.74) is 1.79. The predicted molar refractivity (Wildman–Crippen MR) is 140 cm³/mol. The van der Waals surface area contributed by atoms with E-state index in [0.29, 0.717) is 11.3 Å². The van der Waals surface area contributed by atoms with E-state index in [4.69, 9.17) is 9.47 Å². The Balaban J connectivity index is 1.50. The molecule has 0 saturated carbocycles. The Morgan fingerprint density at radius 3 is 2.33 bits per heavy atom. The van der Waals surface area contributed by atoms with Gasteiger partial charge < -0.3 is 14.4 Å². The number of carbonyl (C=O) groups excluding carboxylic acids is 3. The number of ether oxygens (including phenoxy) is 2. The van der Waals surface area contributed by atoms with Gasteiger partial charge in [0.2, 0.25) is 11.8 Å². The van der Waals surface area contributed by atoms with E-state index in [-0.39, 0.29) is 22.9 Å². The number of nitrogens with zero attached hydrogens (tertiary/aromatic N) is 3. The molecule has 4 unspecified atom stereocenters. The molecule has 3 aliphatic rings. The highest BCUT2D eigenvalue weighted by Crippen LogP contribution is 2.54. The van der Waals surface area contributed by atoms with E-state index in [1.807, 2.05) is 35.2 Å². The Labute approximate surface area is 223 Å². The number of carbonyl (C=O) groups is 3. The van der Waals surface area contributed by atoms with Crippen molar-refractivity contribution < 1.29 is 28.8 Å². The van der Waals surface area contributed by atoms with E-state index in [1.165, 1.54) is 26.4 Å². The normalized spacial score (nSPS) is 22.8. The number of fused-ring (bicyclic) bond motifs is 5. The van der Waals surface area contributed by atoms with Crippen molar-refractivity contribution in [2.24, 2.45) is 11.8 Å². The molecule has 10 nitrogen and oxygen atoms in total. The van der Waals surface area contributed by atoms with Crippen LogP contribution in [0, 0.1) is 22.0 Å². The van der Waals surface area contributed by atoms with Crippen LogP contribution in [0.25, 0.3) is 6.08 Å². The Bertz CT molecular complexity index is 1570. The molecule has 2 saturated heterocycles. The fourth-order valence-electron chi connectivity index (χ4n) is 5.99. The van der Waals surface area contributed by atoms with Gasteiger partial charge in [-0.15, -0.1) is 0 Å². The molecule has 0 radical (unpaired) electrons. The van der Waals surface area contributed by atoms with Crippen LogP contribution in [-0.2, 0) is 9.59 Å². The molecule has 0 N–H and O–H groups in total. The summed E-state index contributed by atoms with van der Waals surface area (Å²) in [6.07, 6.45) is 3.65. The van der Waals surface area contributed by atoms with Gasteiger partial charge in [-0.05, 0) is 47.5 Å². The third-order valence-electron chi connectivity index (χ3n) is 7.72. The summed E-state index contributed by atoms with van der Waals surface area (Å²) in [6.45, 7) is 0. The number of nitro benzene ring substituents is 1. The molecule has 2 fully saturated rings. The topological polar surface area (TPSA) is 119 Å². The fourth-order valence-corrected chi connectivity index (χ4v) is 5.99. The number of hydrogen-bond acceptors (Lipinski definition) is 8. The number of hydrogen-bond donors (Lipinski definition) is 0. The summed E-state index contributed by atoms with van der Waals surface area (Å²) in [5, 5.41) is 11.5. The Morgan fingerprint density at radius 1 is 0.923 bits per heavy atom. The van der Waals surface area contributed by atoms with Crippen molar-refractivity contribution >= 4 is 35.0 Å². The highest BCUT2D eigenvalue weighted by Gasteiger charge is 2.64. The van der Waals surface area contributed by atoms with Crippen LogP contribution in [-0.4, -0.2) is 47.7 Å². The third kappa shape index (κ3) is 3.59. The number of amides is 2. The Morgan fingerprint density at radius 2 is 1.64 bits per heavy atom. The number of imide groups is 1. The maximum atomic E-state index is 14.1. The molecule has 10 heteroatoms. The molecule has 3 aliphatic heterocycles. The third-order valence-corrected chi connectivity index (χ3v) is 7.72. The molecular formula is C29H23N3O7. The number of non-ortho nitro benzene ring substituents is 1. The first-order valence-corrected chi connectivity index (χ1v) is 12.3. The van der Waals surface area contributed by atoms with Crippen LogP contribution in [0.5, 0.6) is 11.5 Å². The lowest BCUT2D eigenvalue weighted by molar-refractivity contribution is -0.384. The number of rotatable bonds is 6. The van der Waals surface area contributed by atoms with Crippen LogP contribution in [0.4, 0.5) is 11.4 Å². The van der Waals surface area contributed by atoms with Crippen LogP contribution < -0.4 is 14.4 Å². The van der Waals surface area contributed by atoms with Gasteiger partial charge in [-0.2, -0.15) is 0 Å². The van der Waals surface area contributed by atoms with Crippen LogP contribution in [0.3, 0.4) is 0 Å². The molecule has 6 rings (SSSR count). The van der Waals surface area contributed by atoms with Gasteiger partial charge >= 0.3 is 0 Å². The second-order valence-corrected chi connectivity index (χ2v) is 9.55. The number of ketones is 1. The van der Waals surface area contributed by atoms with Crippen LogP contribution in [0.1, 0.15) is 27.5 Å². The molecule has 2 amide bonds. The minimum atomic E-state index is -1.02. The molecule has 3 aromatic rings. The molecular weight excluding hydrogens is 502 g/mol. The van der Waals surface area contributed by atoms with Gasteiger partial charge in [-0.25, -0.2) is 4.90 Å². The van der Waals surface area contributed by atoms with Crippen LogP contribution in [0.2, 0.25) is 0 Å². The van der Waals surface area contributed by atoms with Gasteiger partial charge in [0.15, 0.2) is 5.78 Å². The summed E-state index contributed by atoms with van der Waals surface area (Å²) in [4.78, 5) is 55.9. The Hall–Kier alpha value is -4.99. The molecule has 4 atom stereocenters. The molecule has 0 aliphatic carbocycles. The van der Waals surface area contributed by atoms with Crippen molar-refractivity contribution in [3.05, 3.63) is 99.7 Å². The molecule has 196 valence electrons. The minimum absolute atomic E-state index is 0.0158. The zero-order chi connectivity index (χ0) is 27.4. The predicted octanol–water partition coefficient (Wildman–Crippen LogP) is 4.01. The van der Waals surface area contributed by atoms with E-state index < -0.39 is 40.7 Å². The maximum absolute atomic E-state index is 14.1. The molecule has 39 heavy (non-hydrogen) atoms. The largest absolute Gasteiger partial charge is 0.497 e. The van der Waals surface area contributed by atoms with Gasteiger partial charge in [0, 0.05) is 23.9 Å². The first kappa shape index (κ1) is 24.4. The molecule has 0 spiro atoms. The molecule has 0 aromatic heterocycles. The highest BCUT2D eigenvalue weighted by molar-refractivity contribution is 6.25. The summed E-state index contributed by atoms with van der Waals surface area (Å²) in [6, 6.07) is 16.4. The summed E-state index contributed by atoms with van der Waals surface area (Å²) in [7, 11) is 2.88. The van der Waals surface area contributed by atoms with E-state index >= 15 is 0 Å². The zero-order valence-electron chi connectivity index (χ0n) is 21.0. The van der Waals surface area contributed by atoms with Crippen molar-refractivity contribution in [3.8, 4) is 11.5 Å². The molecule has 3 aromatic carbocycles. The number of anilines is 1. The lowest BCUT2D eigenvalue weighted by Gasteiger charge is -2.35. The van der Waals surface area contributed by atoms with E-state index in [2.05, 4.69) is 0 Å². The minimum Gasteiger partial charge on any atom is -0.497 e. The maximum Gasteiger partial charge on any atom is 0.271 e. The fraction of sp³-hybridized carbons (Fsp3) is 0.207. The highest BCUT2D eigenvalue weighted by atomic mass is 16.6. The van der Waals surface area contributed by atoms with Gasteiger partial charge in [-0.3, -0.25) is 24.5 Å². The number of Topliss-reactive ketones (excluding diaryl/α,β-unsaturated/α-hetero) is 1. The average Bonchev–Trinajstić information content (AvgIpc) is 3.44. The lowest BCUT2D eigenvalue weighted by atomic mass is 9.83. The van der Waals surface area contributed by atoms with E-state index in [0.717, 1.165) is 22.1 Å². The first-order valence-electron chi connectivity index (χ1n) is 12.3. The van der Waals surface area contributed by atoms with Crippen molar-refractivity contribution in [3.63, 3.8) is 0 Å². The van der Waals surface area contributed by atoms with E-state index in [1.54, 1.807) is 30.5 Å². The summed E-state index contributed by atoms with van der Waals surface area (Å²) in [5.74, 6) is -2.63. The Kier molecular flexibility index (Phi) is 5.67. The number of nitro groups is 1. The van der Waals surface area contributed by atoms with Gasteiger partial charge in [0.05, 0.1) is 37.0 Å².